The maximum absolute atomic E-state index is 13.7. The number of hydrogen-bond acceptors (Lipinski definition) is 4. The van der Waals surface area contributed by atoms with Gasteiger partial charge in [-0.15, -0.1) is 0 Å². The topological polar surface area (TPSA) is 87.6 Å². The number of carbonyl (C=O) groups excluding carboxylic acids is 1. The van der Waals surface area contributed by atoms with Crippen LogP contribution in [0.15, 0.2) is 52.4 Å². The predicted octanol–water partition coefficient (Wildman–Crippen LogP) is 3.47. The van der Waals surface area contributed by atoms with E-state index in [-0.39, 0.29) is 16.1 Å². The van der Waals surface area contributed by atoms with Gasteiger partial charge in [0.2, 0.25) is 0 Å². The Morgan fingerprint density at radius 3 is 2.64 bits per heavy atom. The Labute approximate surface area is 161 Å². The predicted molar refractivity (Wildman–Crippen MR) is 102 cm³/mol. The van der Waals surface area contributed by atoms with Crippen LogP contribution in [0.5, 0.6) is 0 Å². The smallest absolute Gasteiger partial charge is 0.262 e. The fraction of sp³-hybridized carbons (Fsp3) is 0.263. The van der Waals surface area contributed by atoms with Gasteiger partial charge >= 0.3 is 0 Å². The van der Waals surface area contributed by atoms with Gasteiger partial charge in [0, 0.05) is 24.7 Å². The first kappa shape index (κ1) is 19.9. The number of halogens is 2. The minimum atomic E-state index is -3.87. The third-order valence-electron chi connectivity index (χ3n) is 4.20. The highest BCUT2D eigenvalue weighted by Gasteiger charge is 2.19. The summed E-state index contributed by atoms with van der Waals surface area (Å²) in [6.07, 6.45) is 3.34. The van der Waals surface area contributed by atoms with Crippen LogP contribution in [0.4, 0.5) is 14.5 Å². The lowest BCUT2D eigenvalue weighted by Crippen LogP contribution is -2.30. The van der Waals surface area contributed by atoms with Gasteiger partial charge < -0.3 is 5.32 Å². The Morgan fingerprint density at radius 1 is 1.04 bits per heavy atom. The molecule has 0 saturated carbocycles. The number of amidine groups is 1. The molecule has 148 valence electrons. The molecule has 0 aliphatic carbocycles. The highest BCUT2D eigenvalue weighted by molar-refractivity contribution is 7.90. The Morgan fingerprint density at radius 2 is 1.86 bits per heavy atom. The second-order valence-corrected chi connectivity index (χ2v) is 8.03. The molecule has 0 atom stereocenters. The number of nitrogens with one attached hydrogen (secondary N) is 2. The normalized spacial score (nSPS) is 14.7. The van der Waals surface area contributed by atoms with Crippen molar-refractivity contribution >= 4 is 27.5 Å². The molecule has 3 rings (SSSR count). The molecule has 2 aromatic carbocycles. The molecule has 0 aromatic heterocycles. The quantitative estimate of drug-likeness (QED) is 0.814. The van der Waals surface area contributed by atoms with Gasteiger partial charge in [-0.1, -0.05) is 12.5 Å². The van der Waals surface area contributed by atoms with Crippen molar-refractivity contribution in [3.8, 4) is 0 Å². The molecule has 28 heavy (non-hydrogen) atoms. The van der Waals surface area contributed by atoms with Crippen LogP contribution < -0.4 is 10.0 Å². The lowest BCUT2D eigenvalue weighted by Gasteiger charge is -2.11. The molecule has 0 radical (unpaired) electrons. The van der Waals surface area contributed by atoms with Crippen molar-refractivity contribution in [1.29, 1.82) is 0 Å². The van der Waals surface area contributed by atoms with Crippen molar-refractivity contribution < 1.29 is 22.0 Å². The van der Waals surface area contributed by atoms with Crippen molar-refractivity contribution in [2.24, 2.45) is 4.99 Å². The van der Waals surface area contributed by atoms with Gasteiger partial charge in [-0.05, 0) is 43.2 Å². The van der Waals surface area contributed by atoms with E-state index in [0.717, 1.165) is 31.4 Å². The number of benzene rings is 2. The van der Waals surface area contributed by atoms with Crippen molar-refractivity contribution in [2.75, 3.05) is 11.9 Å². The van der Waals surface area contributed by atoms with Crippen LogP contribution in [-0.4, -0.2) is 26.7 Å². The summed E-state index contributed by atoms with van der Waals surface area (Å²) in [5.41, 5.74) is -0.181. The van der Waals surface area contributed by atoms with E-state index in [1.54, 1.807) is 0 Å². The van der Waals surface area contributed by atoms with E-state index < -0.39 is 27.6 Å². The summed E-state index contributed by atoms with van der Waals surface area (Å²) in [5, 5.41) is 2.42. The molecule has 0 bridgehead atoms. The summed E-state index contributed by atoms with van der Waals surface area (Å²) >= 11 is 0. The zero-order chi connectivity index (χ0) is 20.1. The van der Waals surface area contributed by atoms with E-state index in [4.69, 9.17) is 0 Å². The van der Waals surface area contributed by atoms with Crippen LogP contribution in [0.3, 0.4) is 0 Å². The van der Waals surface area contributed by atoms with Gasteiger partial charge in [0.05, 0.1) is 10.5 Å². The molecule has 0 fully saturated rings. The van der Waals surface area contributed by atoms with Crippen molar-refractivity contribution in [1.82, 2.24) is 4.72 Å². The van der Waals surface area contributed by atoms with Crippen LogP contribution in [0.25, 0.3) is 0 Å². The number of hydrogen-bond donors (Lipinski definition) is 2. The van der Waals surface area contributed by atoms with Crippen LogP contribution in [0, 0.1) is 11.6 Å². The zero-order valence-corrected chi connectivity index (χ0v) is 15.7. The highest BCUT2D eigenvalue weighted by Crippen LogP contribution is 2.18. The monoisotopic (exact) mass is 407 g/mol. The average molecular weight is 407 g/mol. The van der Waals surface area contributed by atoms with Gasteiger partial charge in [0.25, 0.3) is 15.9 Å². The Kier molecular flexibility index (Phi) is 6.03. The molecule has 9 heteroatoms. The van der Waals surface area contributed by atoms with E-state index in [0.29, 0.717) is 24.9 Å². The Balaban J connectivity index is 1.77. The molecule has 6 nitrogen and oxygen atoms in total. The van der Waals surface area contributed by atoms with Crippen LogP contribution in [-0.2, 0) is 10.0 Å². The van der Waals surface area contributed by atoms with Crippen molar-refractivity contribution in [3.05, 3.63) is 59.7 Å². The summed E-state index contributed by atoms with van der Waals surface area (Å²) in [4.78, 5) is 16.4. The number of aliphatic imine (C=N–C) groups is 1. The molecule has 2 N–H and O–H groups in total. The average Bonchev–Trinajstić information content (AvgIpc) is 2.90. The summed E-state index contributed by atoms with van der Waals surface area (Å²) in [7, 11) is -3.87. The minimum absolute atomic E-state index is 0.0585. The third-order valence-corrected chi connectivity index (χ3v) is 5.58. The number of nitrogens with zero attached hydrogens (tertiary/aromatic N) is 1. The van der Waals surface area contributed by atoms with Crippen molar-refractivity contribution in [2.45, 2.75) is 30.6 Å². The van der Waals surface area contributed by atoms with E-state index in [2.05, 4.69) is 15.0 Å². The summed E-state index contributed by atoms with van der Waals surface area (Å²) in [5.74, 6) is -2.20. The summed E-state index contributed by atoms with van der Waals surface area (Å²) in [6, 6.07) is 8.17. The summed E-state index contributed by atoms with van der Waals surface area (Å²) < 4.78 is 54.4. The third kappa shape index (κ3) is 4.92. The molecule has 1 aliphatic rings. The molecular weight excluding hydrogens is 388 g/mol. The van der Waals surface area contributed by atoms with E-state index in [1.165, 1.54) is 24.3 Å². The second kappa shape index (κ2) is 8.47. The first-order valence-electron chi connectivity index (χ1n) is 8.78. The maximum Gasteiger partial charge on any atom is 0.262 e. The van der Waals surface area contributed by atoms with Gasteiger partial charge in [0.1, 0.15) is 17.5 Å². The number of carbonyl (C=O) groups is 1. The maximum atomic E-state index is 13.7. The largest absolute Gasteiger partial charge is 0.322 e. The van der Waals surface area contributed by atoms with Gasteiger partial charge in [-0.25, -0.2) is 17.2 Å². The molecule has 1 aliphatic heterocycles. The van der Waals surface area contributed by atoms with Gasteiger partial charge in [-0.2, -0.15) is 0 Å². The SMILES string of the molecule is O=C(Nc1cccc(S(=O)(=O)NC2=NCCCCC2)c1)c1ccc(F)cc1F. The van der Waals surface area contributed by atoms with Crippen LogP contribution in [0.1, 0.15) is 36.0 Å². The minimum Gasteiger partial charge on any atom is -0.322 e. The van der Waals surface area contributed by atoms with Gasteiger partial charge in [-0.3, -0.25) is 14.5 Å². The van der Waals surface area contributed by atoms with E-state index in [9.17, 15) is 22.0 Å². The second-order valence-electron chi connectivity index (χ2n) is 6.35. The molecule has 0 saturated heterocycles. The molecular formula is C19H19F2N3O3S. The number of anilines is 1. The first-order valence-corrected chi connectivity index (χ1v) is 10.3. The Bertz CT molecular complexity index is 1020. The molecule has 2 aromatic rings. The molecule has 0 spiro atoms. The lowest BCUT2D eigenvalue weighted by molar-refractivity contribution is 0.102. The number of amides is 1. The summed E-state index contributed by atoms with van der Waals surface area (Å²) in [6.45, 7) is 0.581. The molecule has 0 unspecified atom stereocenters. The zero-order valence-electron chi connectivity index (χ0n) is 14.9. The standard InChI is InChI=1S/C19H19F2N3O3S/c20-13-8-9-16(17(21)11-13)19(25)23-14-5-4-6-15(12-14)28(26,27)24-18-7-2-1-3-10-22-18/h4-6,8-9,11-12H,1-3,7,10H2,(H,22,24)(H,23,25). The van der Waals surface area contributed by atoms with Crippen LogP contribution >= 0.6 is 0 Å². The fourth-order valence-electron chi connectivity index (χ4n) is 2.78. The van der Waals surface area contributed by atoms with Crippen LogP contribution in [0.2, 0.25) is 0 Å². The lowest BCUT2D eigenvalue weighted by atomic mass is 10.2. The van der Waals surface area contributed by atoms with Crippen molar-refractivity contribution in [3.63, 3.8) is 0 Å². The fourth-order valence-corrected chi connectivity index (χ4v) is 3.92. The number of rotatable bonds is 4. The Hall–Kier alpha value is -2.81. The highest BCUT2D eigenvalue weighted by atomic mass is 32.2. The first-order chi connectivity index (χ1) is 13.3. The van der Waals surface area contributed by atoms with Gasteiger partial charge in [0.15, 0.2) is 0 Å². The molecule has 1 amide bonds. The van der Waals surface area contributed by atoms with E-state index >= 15 is 0 Å². The molecule has 1 heterocycles. The van der Waals surface area contributed by atoms with E-state index in [1.807, 2.05) is 0 Å². The number of sulfonamides is 1.